The number of anilines is 1. The van der Waals surface area contributed by atoms with E-state index in [-0.39, 0.29) is 18.6 Å². The molecule has 2 aliphatic heterocycles. The van der Waals surface area contributed by atoms with Gasteiger partial charge in [0.2, 0.25) is 12.7 Å². The van der Waals surface area contributed by atoms with Crippen molar-refractivity contribution in [1.29, 1.82) is 0 Å². The van der Waals surface area contributed by atoms with Crippen LogP contribution in [-0.2, 0) is 9.59 Å². The number of fused-ring (bicyclic) bond motifs is 1. The summed E-state index contributed by atoms with van der Waals surface area (Å²) in [5.74, 6) is 1.14. The first-order valence-corrected chi connectivity index (χ1v) is 10.7. The maximum absolute atomic E-state index is 12.8. The number of ether oxygens (including phenoxy) is 2. The smallest absolute Gasteiger partial charge is 0.266 e. The van der Waals surface area contributed by atoms with Crippen LogP contribution in [0.2, 0.25) is 0 Å². The molecule has 2 amide bonds. The highest BCUT2D eigenvalue weighted by Gasteiger charge is 2.31. The number of hydrogen-bond acceptors (Lipinski definition) is 6. The molecule has 1 N–H and O–H groups in total. The molecule has 30 heavy (non-hydrogen) atoms. The number of thioether (sulfide) groups is 1. The largest absolute Gasteiger partial charge is 0.454 e. The lowest BCUT2D eigenvalue weighted by Crippen LogP contribution is -2.29. The van der Waals surface area contributed by atoms with Crippen LogP contribution in [-0.4, -0.2) is 34.4 Å². The molecule has 4 rings (SSSR count). The summed E-state index contributed by atoms with van der Waals surface area (Å²) >= 11 is 6.64. The highest BCUT2D eigenvalue weighted by molar-refractivity contribution is 8.26. The number of rotatable bonds is 6. The number of nitrogens with zero attached hydrogens (tertiary/aromatic N) is 1. The molecule has 0 saturated carbocycles. The molecule has 0 atom stereocenters. The van der Waals surface area contributed by atoms with E-state index in [0.29, 0.717) is 40.1 Å². The van der Waals surface area contributed by atoms with Crippen molar-refractivity contribution in [3.8, 4) is 11.5 Å². The minimum Gasteiger partial charge on any atom is -0.454 e. The SMILES string of the molecule is Cc1cccc(NC(=O)CCCN2C(=O)C(=Cc3ccc4c(c3)OCO4)SC2=S)c1. The Hall–Kier alpha value is -2.84. The first kappa shape index (κ1) is 20.4. The molecule has 0 unspecified atom stereocenters. The zero-order valence-corrected chi connectivity index (χ0v) is 18.0. The van der Waals surface area contributed by atoms with E-state index < -0.39 is 0 Å². The minimum absolute atomic E-state index is 0.0815. The molecule has 0 aromatic heterocycles. The third-order valence-corrected chi connectivity index (χ3v) is 6.03. The Labute approximate surface area is 184 Å². The van der Waals surface area contributed by atoms with Crippen molar-refractivity contribution in [1.82, 2.24) is 4.90 Å². The molecule has 154 valence electrons. The Bertz CT molecular complexity index is 1050. The lowest BCUT2D eigenvalue weighted by molar-refractivity contribution is -0.122. The molecule has 1 saturated heterocycles. The highest BCUT2D eigenvalue weighted by Crippen LogP contribution is 2.36. The van der Waals surface area contributed by atoms with Crippen molar-refractivity contribution in [3.63, 3.8) is 0 Å². The average molecular weight is 441 g/mol. The van der Waals surface area contributed by atoms with Gasteiger partial charge >= 0.3 is 0 Å². The van der Waals surface area contributed by atoms with Crippen molar-refractivity contribution >= 4 is 51.9 Å². The molecule has 2 aromatic rings. The molecule has 2 aromatic carbocycles. The fourth-order valence-corrected chi connectivity index (χ4v) is 4.50. The van der Waals surface area contributed by atoms with E-state index in [9.17, 15) is 9.59 Å². The van der Waals surface area contributed by atoms with Crippen molar-refractivity contribution in [3.05, 3.63) is 58.5 Å². The second-order valence-electron chi connectivity index (χ2n) is 6.97. The first-order valence-electron chi connectivity index (χ1n) is 9.51. The lowest BCUT2D eigenvalue weighted by Gasteiger charge is -2.14. The van der Waals surface area contributed by atoms with Gasteiger partial charge in [-0.05, 0) is 54.8 Å². The van der Waals surface area contributed by atoms with Crippen LogP contribution in [0.25, 0.3) is 6.08 Å². The molecule has 0 radical (unpaired) electrons. The molecule has 2 aliphatic rings. The monoisotopic (exact) mass is 440 g/mol. The maximum atomic E-state index is 12.8. The van der Waals surface area contributed by atoms with Gasteiger partial charge in [-0.2, -0.15) is 0 Å². The van der Waals surface area contributed by atoms with Gasteiger partial charge in [0.05, 0.1) is 4.91 Å². The fourth-order valence-electron chi connectivity index (χ4n) is 3.19. The molecule has 0 spiro atoms. The summed E-state index contributed by atoms with van der Waals surface area (Å²) in [6.45, 7) is 2.59. The van der Waals surface area contributed by atoms with E-state index >= 15 is 0 Å². The number of nitrogens with one attached hydrogen (secondary N) is 1. The van der Waals surface area contributed by atoms with Crippen LogP contribution in [0.4, 0.5) is 5.69 Å². The van der Waals surface area contributed by atoms with Crippen LogP contribution >= 0.6 is 24.0 Å². The van der Waals surface area contributed by atoms with Crippen LogP contribution in [0.3, 0.4) is 0 Å². The molecule has 0 aliphatic carbocycles. The van der Waals surface area contributed by atoms with Gasteiger partial charge in [0, 0.05) is 18.7 Å². The topological polar surface area (TPSA) is 67.9 Å². The van der Waals surface area contributed by atoms with Crippen LogP contribution in [0.5, 0.6) is 11.5 Å². The van der Waals surface area contributed by atoms with Gasteiger partial charge in [0.25, 0.3) is 5.91 Å². The summed E-state index contributed by atoms with van der Waals surface area (Å²) in [6.07, 6.45) is 2.64. The van der Waals surface area contributed by atoms with Crippen molar-refractivity contribution in [2.24, 2.45) is 0 Å². The molecule has 2 heterocycles. The average Bonchev–Trinajstić information content (AvgIpc) is 3.27. The molecule has 6 nitrogen and oxygen atoms in total. The minimum atomic E-state index is -0.137. The van der Waals surface area contributed by atoms with Crippen molar-refractivity contribution in [2.45, 2.75) is 19.8 Å². The van der Waals surface area contributed by atoms with Gasteiger partial charge in [-0.25, -0.2) is 0 Å². The first-order chi connectivity index (χ1) is 14.5. The zero-order chi connectivity index (χ0) is 21.1. The van der Waals surface area contributed by atoms with Crippen molar-refractivity contribution < 1.29 is 19.1 Å². The zero-order valence-electron chi connectivity index (χ0n) is 16.3. The number of amides is 2. The summed E-state index contributed by atoms with van der Waals surface area (Å²) in [5.41, 5.74) is 2.70. The Kier molecular flexibility index (Phi) is 6.06. The van der Waals surface area contributed by atoms with Gasteiger partial charge < -0.3 is 14.8 Å². The molecule has 0 bridgehead atoms. The van der Waals surface area contributed by atoms with E-state index in [1.165, 1.54) is 11.8 Å². The second-order valence-corrected chi connectivity index (χ2v) is 8.64. The van der Waals surface area contributed by atoms with E-state index in [1.807, 2.05) is 49.4 Å². The summed E-state index contributed by atoms with van der Waals surface area (Å²) in [5, 5.41) is 2.88. The van der Waals surface area contributed by atoms with Crippen LogP contribution in [0, 0.1) is 6.92 Å². The second kappa shape index (κ2) is 8.89. The Morgan fingerprint density at radius 3 is 2.90 bits per heavy atom. The maximum Gasteiger partial charge on any atom is 0.266 e. The number of thiocarbonyl (C=S) groups is 1. The van der Waals surface area contributed by atoms with E-state index in [1.54, 1.807) is 11.0 Å². The standard InChI is InChI=1S/C22H20N2O4S2/c1-14-4-2-5-16(10-14)23-20(25)6-3-9-24-21(26)19(30-22(24)29)12-15-7-8-17-18(11-15)28-13-27-17/h2,4-5,7-8,10-12H,3,6,9,13H2,1H3,(H,23,25). The van der Waals surface area contributed by atoms with Gasteiger partial charge in [0.15, 0.2) is 11.5 Å². The lowest BCUT2D eigenvalue weighted by atomic mass is 10.2. The summed E-state index contributed by atoms with van der Waals surface area (Å²) in [7, 11) is 0. The third-order valence-electron chi connectivity index (χ3n) is 4.66. The quantitative estimate of drug-likeness (QED) is 0.532. The normalized spacial score (nSPS) is 16.4. The van der Waals surface area contributed by atoms with Gasteiger partial charge in [0.1, 0.15) is 4.32 Å². The Morgan fingerprint density at radius 1 is 1.23 bits per heavy atom. The van der Waals surface area contributed by atoms with Crippen LogP contribution < -0.4 is 14.8 Å². The predicted octanol–water partition coefficient (Wildman–Crippen LogP) is 4.34. The number of carbonyl (C=O) groups excluding carboxylic acids is 2. The van der Waals surface area contributed by atoms with Crippen LogP contribution in [0.15, 0.2) is 47.4 Å². The van der Waals surface area contributed by atoms with Gasteiger partial charge in [-0.3, -0.25) is 14.5 Å². The van der Waals surface area contributed by atoms with Gasteiger partial charge in [-0.1, -0.05) is 42.2 Å². The highest BCUT2D eigenvalue weighted by atomic mass is 32.2. The molecular formula is C22H20N2O4S2. The summed E-state index contributed by atoms with van der Waals surface area (Å²) < 4.78 is 11.2. The molecule has 1 fully saturated rings. The number of benzene rings is 2. The third kappa shape index (κ3) is 4.66. The van der Waals surface area contributed by atoms with Crippen molar-refractivity contribution in [2.75, 3.05) is 18.7 Å². The van der Waals surface area contributed by atoms with E-state index in [2.05, 4.69) is 5.32 Å². The fraction of sp³-hybridized carbons (Fsp3) is 0.227. The summed E-state index contributed by atoms with van der Waals surface area (Å²) in [4.78, 5) is 27.0. The Morgan fingerprint density at radius 2 is 2.07 bits per heavy atom. The van der Waals surface area contributed by atoms with E-state index in [4.69, 9.17) is 21.7 Å². The number of aryl methyl sites for hydroxylation is 1. The van der Waals surface area contributed by atoms with E-state index in [0.717, 1.165) is 16.8 Å². The Balaban J connectivity index is 1.32. The van der Waals surface area contributed by atoms with Gasteiger partial charge in [-0.15, -0.1) is 0 Å². The molecular weight excluding hydrogens is 420 g/mol. The number of carbonyl (C=O) groups is 2. The predicted molar refractivity (Wildman–Crippen MR) is 121 cm³/mol. The number of hydrogen-bond donors (Lipinski definition) is 1. The van der Waals surface area contributed by atoms with Crippen LogP contribution in [0.1, 0.15) is 24.0 Å². The summed E-state index contributed by atoms with van der Waals surface area (Å²) in [6, 6.07) is 13.2. The molecule has 8 heteroatoms.